The fourth-order valence-electron chi connectivity index (χ4n) is 3.11. The number of sulfonamides is 1. The third-order valence-electron chi connectivity index (χ3n) is 4.37. The highest BCUT2D eigenvalue weighted by molar-refractivity contribution is 7.89. The molecule has 0 radical (unpaired) electrons. The summed E-state index contributed by atoms with van der Waals surface area (Å²) >= 11 is 0.951. The van der Waals surface area contributed by atoms with Crippen molar-refractivity contribution < 1.29 is 13.2 Å². The maximum Gasteiger partial charge on any atom is 0.246 e. The summed E-state index contributed by atoms with van der Waals surface area (Å²) in [6.07, 6.45) is 0.260. The minimum atomic E-state index is -3.96. The van der Waals surface area contributed by atoms with Gasteiger partial charge in [-0.3, -0.25) is 4.79 Å². The molecule has 2 N–H and O–H groups in total. The Bertz CT molecular complexity index is 1080. The number of benzene rings is 2. The maximum absolute atomic E-state index is 13.3. The predicted octanol–water partition coefficient (Wildman–Crippen LogP) is 1.29. The number of primary amides is 1. The van der Waals surface area contributed by atoms with Crippen LogP contribution in [0.2, 0.25) is 0 Å². The minimum absolute atomic E-state index is 0.0457. The molecule has 7 nitrogen and oxygen atoms in total. The van der Waals surface area contributed by atoms with Crippen LogP contribution < -0.4 is 5.73 Å². The van der Waals surface area contributed by atoms with Crippen molar-refractivity contribution in [1.29, 1.82) is 0 Å². The standard InChI is InChI=1S/C16H14N4O3S2/c17-16(21)13-8-10-4-1-2-5-11(10)9-20(13)25(22,23)14-7-3-6-12-15(14)19-24-18-12/h1-7,13H,8-9H2,(H2,17,21)/t13-/m0/s1. The number of carbonyl (C=O) groups is 1. The Morgan fingerprint density at radius 3 is 2.64 bits per heavy atom. The number of rotatable bonds is 3. The summed E-state index contributed by atoms with van der Waals surface area (Å²) in [7, 11) is -3.96. The summed E-state index contributed by atoms with van der Waals surface area (Å²) in [6, 6.07) is 11.3. The quantitative estimate of drug-likeness (QED) is 0.743. The first-order valence-corrected chi connectivity index (χ1v) is 9.75. The normalized spacial score (nSPS) is 18.2. The van der Waals surface area contributed by atoms with Crippen LogP contribution in [0.5, 0.6) is 0 Å². The average molecular weight is 374 g/mol. The monoisotopic (exact) mass is 374 g/mol. The van der Waals surface area contributed by atoms with Crippen LogP contribution in [0.3, 0.4) is 0 Å². The summed E-state index contributed by atoms with van der Waals surface area (Å²) in [4.78, 5) is 12.0. The summed E-state index contributed by atoms with van der Waals surface area (Å²) in [5, 5.41) is 0. The minimum Gasteiger partial charge on any atom is -0.368 e. The number of aromatic nitrogens is 2. The molecule has 0 unspecified atom stereocenters. The number of carbonyl (C=O) groups excluding carboxylic acids is 1. The molecule has 0 aliphatic carbocycles. The lowest BCUT2D eigenvalue weighted by atomic mass is 9.96. The van der Waals surface area contributed by atoms with Gasteiger partial charge in [0.25, 0.3) is 0 Å². The number of hydrogen-bond donors (Lipinski definition) is 1. The van der Waals surface area contributed by atoms with Crippen molar-refractivity contribution in [3.63, 3.8) is 0 Å². The highest BCUT2D eigenvalue weighted by Crippen LogP contribution is 2.31. The lowest BCUT2D eigenvalue weighted by Crippen LogP contribution is -2.51. The Labute approximate surface area is 148 Å². The second-order valence-corrected chi connectivity index (χ2v) is 8.22. The molecule has 9 heteroatoms. The highest BCUT2D eigenvalue weighted by Gasteiger charge is 2.39. The molecule has 0 saturated heterocycles. The van der Waals surface area contributed by atoms with Crippen LogP contribution in [0.15, 0.2) is 47.4 Å². The van der Waals surface area contributed by atoms with E-state index >= 15 is 0 Å². The van der Waals surface area contributed by atoms with Crippen molar-refractivity contribution in [3.8, 4) is 0 Å². The Kier molecular flexibility index (Phi) is 3.78. The highest BCUT2D eigenvalue weighted by atomic mass is 32.2. The van der Waals surface area contributed by atoms with E-state index in [0.717, 1.165) is 22.9 Å². The number of nitrogens with two attached hydrogens (primary N) is 1. The van der Waals surface area contributed by atoms with Crippen molar-refractivity contribution in [3.05, 3.63) is 53.6 Å². The molecular formula is C16H14N4O3S2. The van der Waals surface area contributed by atoms with E-state index in [2.05, 4.69) is 8.75 Å². The zero-order chi connectivity index (χ0) is 17.6. The second kappa shape index (κ2) is 5.87. The molecule has 0 fully saturated rings. The van der Waals surface area contributed by atoms with Gasteiger partial charge in [-0.25, -0.2) is 8.42 Å². The van der Waals surface area contributed by atoms with E-state index in [9.17, 15) is 13.2 Å². The Hall–Kier alpha value is -2.36. The van der Waals surface area contributed by atoms with Crippen molar-refractivity contribution in [2.75, 3.05) is 0 Å². The van der Waals surface area contributed by atoms with E-state index < -0.39 is 22.0 Å². The molecule has 1 aromatic heterocycles. The Morgan fingerprint density at radius 2 is 1.88 bits per heavy atom. The smallest absolute Gasteiger partial charge is 0.246 e. The van der Waals surface area contributed by atoms with Crippen LogP contribution in [-0.4, -0.2) is 33.4 Å². The molecule has 1 aliphatic heterocycles. The zero-order valence-electron chi connectivity index (χ0n) is 13.0. The molecule has 128 valence electrons. The first-order valence-electron chi connectivity index (χ1n) is 7.58. The van der Waals surface area contributed by atoms with Crippen molar-refractivity contribution in [2.45, 2.75) is 23.9 Å². The summed E-state index contributed by atoms with van der Waals surface area (Å²) in [5.41, 5.74) is 8.14. The van der Waals surface area contributed by atoms with Gasteiger partial charge in [0.15, 0.2) is 0 Å². The summed E-state index contributed by atoms with van der Waals surface area (Å²) in [6.45, 7) is 0.0973. The van der Waals surface area contributed by atoms with Crippen LogP contribution in [-0.2, 0) is 27.8 Å². The van der Waals surface area contributed by atoms with Gasteiger partial charge in [-0.15, -0.1) is 0 Å². The molecule has 0 saturated carbocycles. The van der Waals surface area contributed by atoms with E-state index in [0.29, 0.717) is 11.0 Å². The van der Waals surface area contributed by atoms with Crippen LogP contribution in [0.1, 0.15) is 11.1 Å². The van der Waals surface area contributed by atoms with Crippen LogP contribution in [0, 0.1) is 0 Å². The van der Waals surface area contributed by atoms with Crippen LogP contribution in [0.25, 0.3) is 11.0 Å². The van der Waals surface area contributed by atoms with Gasteiger partial charge in [0.2, 0.25) is 15.9 Å². The van der Waals surface area contributed by atoms with Gasteiger partial charge in [-0.1, -0.05) is 30.3 Å². The molecule has 0 bridgehead atoms. The number of nitrogens with zero attached hydrogens (tertiary/aromatic N) is 3. The van der Waals surface area contributed by atoms with Gasteiger partial charge in [0, 0.05) is 6.54 Å². The molecule has 0 spiro atoms. The molecule has 1 aliphatic rings. The van der Waals surface area contributed by atoms with E-state index in [1.54, 1.807) is 12.1 Å². The first kappa shape index (κ1) is 16.1. The summed E-state index contributed by atoms with van der Waals surface area (Å²) in [5.74, 6) is -0.665. The van der Waals surface area contributed by atoms with Gasteiger partial charge < -0.3 is 5.73 Å². The Balaban J connectivity index is 1.86. The van der Waals surface area contributed by atoms with Gasteiger partial charge in [0.1, 0.15) is 22.0 Å². The predicted molar refractivity (Wildman–Crippen MR) is 93.3 cm³/mol. The largest absolute Gasteiger partial charge is 0.368 e. The topological polar surface area (TPSA) is 106 Å². The molecule has 2 heterocycles. The number of amides is 1. The second-order valence-electron chi connectivity index (χ2n) is 5.83. The third kappa shape index (κ3) is 2.60. The van der Waals surface area contributed by atoms with Crippen molar-refractivity contribution in [2.24, 2.45) is 5.73 Å². The molecular weight excluding hydrogens is 360 g/mol. The molecule has 4 rings (SSSR count). The third-order valence-corrected chi connectivity index (χ3v) is 6.80. The zero-order valence-corrected chi connectivity index (χ0v) is 14.6. The number of hydrogen-bond acceptors (Lipinski definition) is 6. The van der Waals surface area contributed by atoms with E-state index in [4.69, 9.17) is 5.73 Å². The first-order chi connectivity index (χ1) is 12.0. The lowest BCUT2D eigenvalue weighted by molar-refractivity contribution is -0.122. The van der Waals surface area contributed by atoms with E-state index in [1.165, 1.54) is 10.4 Å². The van der Waals surface area contributed by atoms with Crippen molar-refractivity contribution in [1.82, 2.24) is 13.1 Å². The lowest BCUT2D eigenvalue weighted by Gasteiger charge is -2.34. The van der Waals surface area contributed by atoms with Crippen LogP contribution >= 0.6 is 11.7 Å². The molecule has 3 aromatic rings. The number of fused-ring (bicyclic) bond motifs is 2. The van der Waals surface area contributed by atoms with E-state index in [1.807, 2.05) is 24.3 Å². The fourth-order valence-corrected chi connectivity index (χ4v) is 5.44. The molecule has 2 aromatic carbocycles. The van der Waals surface area contributed by atoms with Gasteiger partial charge in [-0.2, -0.15) is 13.1 Å². The van der Waals surface area contributed by atoms with Gasteiger partial charge >= 0.3 is 0 Å². The van der Waals surface area contributed by atoms with E-state index in [-0.39, 0.29) is 17.9 Å². The molecule has 1 atom stereocenters. The Morgan fingerprint density at radius 1 is 1.12 bits per heavy atom. The fraction of sp³-hybridized carbons (Fsp3) is 0.188. The molecule has 25 heavy (non-hydrogen) atoms. The van der Waals surface area contributed by atoms with Crippen LogP contribution in [0.4, 0.5) is 0 Å². The maximum atomic E-state index is 13.3. The van der Waals surface area contributed by atoms with Crippen molar-refractivity contribution >= 4 is 38.7 Å². The van der Waals surface area contributed by atoms with Gasteiger partial charge in [-0.05, 0) is 29.7 Å². The molecule has 1 amide bonds. The SMILES string of the molecule is NC(=O)[C@@H]1Cc2ccccc2CN1S(=O)(=O)c1cccc2nsnc12. The summed E-state index contributed by atoms with van der Waals surface area (Å²) < 4.78 is 35.9. The van der Waals surface area contributed by atoms with Gasteiger partial charge in [0.05, 0.1) is 11.7 Å². The average Bonchev–Trinajstić information content (AvgIpc) is 3.09.